The Morgan fingerprint density at radius 3 is 1.15 bits per heavy atom. The molecule has 1 aromatic carbocycles. The van der Waals surface area contributed by atoms with E-state index in [1.165, 1.54) is 103 Å². The van der Waals surface area contributed by atoms with E-state index in [-0.39, 0.29) is 11.9 Å². The number of carbonyl (C=O) groups is 2. The van der Waals surface area contributed by atoms with Gasteiger partial charge in [0.2, 0.25) is 0 Å². The highest BCUT2D eigenvalue weighted by molar-refractivity contribution is 5.95. The van der Waals surface area contributed by atoms with E-state index in [2.05, 4.69) is 37.5 Å². The third kappa shape index (κ3) is 22.6. The molecule has 0 aliphatic carbocycles. The summed E-state index contributed by atoms with van der Waals surface area (Å²) in [7, 11) is 0. The monoisotopic (exact) mass is 645 g/mol. The van der Waals surface area contributed by atoms with E-state index in [1.54, 1.807) is 24.3 Å². The van der Waals surface area contributed by atoms with Gasteiger partial charge < -0.3 is 19.3 Å². The standard InChI is InChI=1S/C40H72N2O4/c1-5-9-11-13-15-17-19-21-30-41(7-3)32-23-25-34-45-39(43)37-28-27-29-38(36-37)40(44)46-35-26-24-33-42(8-4)31-22-20-18-16-14-12-10-6-2/h27-29,36H,5-26,30-35H2,1-4H3. The molecular formula is C40H72N2O4. The van der Waals surface area contributed by atoms with Crippen LogP contribution in [0.1, 0.15) is 177 Å². The molecule has 0 spiro atoms. The Morgan fingerprint density at radius 2 is 0.804 bits per heavy atom. The Bertz CT molecular complexity index is 796. The maximum atomic E-state index is 12.6. The largest absolute Gasteiger partial charge is 0.462 e. The third-order valence-corrected chi connectivity index (χ3v) is 9.09. The van der Waals surface area contributed by atoms with Crippen LogP contribution in [0.5, 0.6) is 0 Å². The van der Waals surface area contributed by atoms with E-state index in [0.29, 0.717) is 24.3 Å². The fourth-order valence-corrected chi connectivity index (χ4v) is 5.94. The van der Waals surface area contributed by atoms with Gasteiger partial charge in [0.05, 0.1) is 24.3 Å². The van der Waals surface area contributed by atoms with Gasteiger partial charge in [0.25, 0.3) is 0 Å². The van der Waals surface area contributed by atoms with Crippen molar-refractivity contribution < 1.29 is 19.1 Å². The van der Waals surface area contributed by atoms with Gasteiger partial charge in [0, 0.05) is 0 Å². The Labute approximate surface area is 284 Å². The predicted octanol–water partition coefficient (Wildman–Crippen LogP) is 10.5. The van der Waals surface area contributed by atoms with Crippen LogP contribution in [0, 0.1) is 0 Å². The second kappa shape index (κ2) is 30.4. The van der Waals surface area contributed by atoms with Crippen LogP contribution in [0.2, 0.25) is 0 Å². The number of nitrogens with zero attached hydrogens (tertiary/aromatic N) is 2. The van der Waals surface area contributed by atoms with Gasteiger partial charge in [-0.25, -0.2) is 9.59 Å². The molecular weight excluding hydrogens is 572 g/mol. The van der Waals surface area contributed by atoms with Crippen LogP contribution in [0.25, 0.3) is 0 Å². The summed E-state index contributed by atoms with van der Waals surface area (Å²) in [6.45, 7) is 16.3. The summed E-state index contributed by atoms with van der Waals surface area (Å²) in [6.07, 6.45) is 25.3. The lowest BCUT2D eigenvalue weighted by Gasteiger charge is -2.20. The summed E-state index contributed by atoms with van der Waals surface area (Å²) in [5, 5.41) is 0. The molecule has 0 N–H and O–H groups in total. The number of hydrogen-bond donors (Lipinski definition) is 0. The first kappa shape index (κ1) is 42.1. The maximum Gasteiger partial charge on any atom is 0.338 e. The van der Waals surface area contributed by atoms with Crippen molar-refractivity contribution in [2.45, 2.75) is 156 Å². The molecule has 0 amide bonds. The number of ether oxygens (including phenoxy) is 2. The van der Waals surface area contributed by atoms with Gasteiger partial charge in [-0.2, -0.15) is 0 Å². The molecule has 0 heterocycles. The number of carbonyl (C=O) groups excluding carboxylic acids is 2. The molecule has 0 fully saturated rings. The van der Waals surface area contributed by atoms with E-state index in [4.69, 9.17) is 9.47 Å². The van der Waals surface area contributed by atoms with Gasteiger partial charge in [-0.15, -0.1) is 0 Å². The molecule has 0 aliphatic rings. The van der Waals surface area contributed by atoms with E-state index >= 15 is 0 Å². The number of benzene rings is 1. The summed E-state index contributed by atoms with van der Waals surface area (Å²) in [6, 6.07) is 6.72. The summed E-state index contributed by atoms with van der Waals surface area (Å²) >= 11 is 0. The first-order chi connectivity index (χ1) is 22.5. The minimum Gasteiger partial charge on any atom is -0.462 e. The summed E-state index contributed by atoms with van der Waals surface area (Å²) in [5.74, 6) is -0.755. The molecule has 46 heavy (non-hydrogen) atoms. The number of rotatable bonds is 32. The van der Waals surface area contributed by atoms with Crippen molar-refractivity contribution in [3.05, 3.63) is 35.4 Å². The topological polar surface area (TPSA) is 59.1 Å². The molecule has 0 saturated heterocycles. The molecule has 0 atom stereocenters. The highest BCUT2D eigenvalue weighted by atomic mass is 16.5. The van der Waals surface area contributed by atoms with Crippen molar-refractivity contribution in [3.8, 4) is 0 Å². The summed E-state index contributed by atoms with van der Waals surface area (Å²) in [4.78, 5) is 30.3. The molecule has 6 heteroatoms. The van der Waals surface area contributed by atoms with Crippen LogP contribution in [0.15, 0.2) is 24.3 Å². The molecule has 0 aromatic heterocycles. The lowest BCUT2D eigenvalue weighted by atomic mass is 10.1. The molecule has 0 radical (unpaired) electrons. The third-order valence-electron chi connectivity index (χ3n) is 9.09. The SMILES string of the molecule is CCCCCCCCCCN(CC)CCCCOC(=O)c1cccc(C(=O)OCCCCN(CC)CCCCCCCCCC)c1. The van der Waals surface area contributed by atoms with Crippen LogP contribution in [-0.2, 0) is 9.47 Å². The van der Waals surface area contributed by atoms with Crippen molar-refractivity contribution in [1.82, 2.24) is 9.80 Å². The van der Waals surface area contributed by atoms with Crippen molar-refractivity contribution in [2.75, 3.05) is 52.5 Å². The molecule has 0 bridgehead atoms. The molecule has 1 aromatic rings. The Kier molecular flexibility index (Phi) is 27.8. The van der Waals surface area contributed by atoms with Crippen LogP contribution < -0.4 is 0 Å². The Morgan fingerprint density at radius 1 is 0.478 bits per heavy atom. The van der Waals surface area contributed by atoms with Gasteiger partial charge in [0.1, 0.15) is 0 Å². The normalized spacial score (nSPS) is 11.4. The quantitative estimate of drug-likeness (QED) is 0.0574. The van der Waals surface area contributed by atoms with Crippen molar-refractivity contribution >= 4 is 11.9 Å². The van der Waals surface area contributed by atoms with Crippen LogP contribution in [-0.4, -0.2) is 74.2 Å². The van der Waals surface area contributed by atoms with Gasteiger partial charge in [-0.3, -0.25) is 0 Å². The average Bonchev–Trinajstić information content (AvgIpc) is 3.08. The maximum absolute atomic E-state index is 12.6. The lowest BCUT2D eigenvalue weighted by molar-refractivity contribution is 0.0493. The van der Waals surface area contributed by atoms with Gasteiger partial charge >= 0.3 is 11.9 Å². The minimum atomic E-state index is -0.378. The van der Waals surface area contributed by atoms with E-state index in [0.717, 1.165) is 65.0 Å². The molecule has 0 saturated carbocycles. The molecule has 0 aliphatic heterocycles. The number of hydrogen-bond acceptors (Lipinski definition) is 6. The predicted molar refractivity (Wildman–Crippen MR) is 195 cm³/mol. The molecule has 1 rings (SSSR count). The fraction of sp³-hybridized carbons (Fsp3) is 0.800. The minimum absolute atomic E-state index is 0.378. The van der Waals surface area contributed by atoms with Crippen molar-refractivity contribution in [2.24, 2.45) is 0 Å². The lowest BCUT2D eigenvalue weighted by Crippen LogP contribution is -2.26. The number of unbranched alkanes of at least 4 members (excludes halogenated alkanes) is 16. The van der Waals surface area contributed by atoms with Gasteiger partial charge in [-0.05, 0) is 96.0 Å². The molecule has 6 nitrogen and oxygen atoms in total. The van der Waals surface area contributed by atoms with Gasteiger partial charge in [0.15, 0.2) is 0 Å². The van der Waals surface area contributed by atoms with Crippen molar-refractivity contribution in [1.29, 1.82) is 0 Å². The van der Waals surface area contributed by atoms with E-state index in [9.17, 15) is 9.59 Å². The average molecular weight is 645 g/mol. The Hall–Kier alpha value is -1.92. The van der Waals surface area contributed by atoms with Crippen LogP contribution >= 0.6 is 0 Å². The highest BCUT2D eigenvalue weighted by Crippen LogP contribution is 2.12. The van der Waals surface area contributed by atoms with E-state index in [1.807, 2.05) is 0 Å². The van der Waals surface area contributed by atoms with Gasteiger partial charge in [-0.1, -0.05) is 124 Å². The second-order valence-corrected chi connectivity index (χ2v) is 13.1. The summed E-state index contributed by atoms with van der Waals surface area (Å²) in [5.41, 5.74) is 0.803. The fourth-order valence-electron chi connectivity index (χ4n) is 5.94. The zero-order valence-electron chi connectivity index (χ0n) is 30.6. The number of esters is 2. The first-order valence-corrected chi connectivity index (χ1v) is 19.4. The summed E-state index contributed by atoms with van der Waals surface area (Å²) < 4.78 is 11.0. The van der Waals surface area contributed by atoms with Crippen LogP contribution in [0.4, 0.5) is 0 Å². The zero-order valence-corrected chi connectivity index (χ0v) is 30.6. The highest BCUT2D eigenvalue weighted by Gasteiger charge is 2.13. The smallest absolute Gasteiger partial charge is 0.338 e. The van der Waals surface area contributed by atoms with E-state index < -0.39 is 0 Å². The Balaban J connectivity index is 2.18. The first-order valence-electron chi connectivity index (χ1n) is 19.4. The van der Waals surface area contributed by atoms with Crippen LogP contribution in [0.3, 0.4) is 0 Å². The molecule has 266 valence electrons. The second-order valence-electron chi connectivity index (χ2n) is 13.1. The molecule has 0 unspecified atom stereocenters. The van der Waals surface area contributed by atoms with Crippen molar-refractivity contribution in [3.63, 3.8) is 0 Å². The zero-order chi connectivity index (χ0) is 33.5.